The molecule has 3 nitrogen and oxygen atoms in total. The smallest absolute Gasteiger partial charge is 0.222 e. The molecule has 0 radical (unpaired) electrons. The zero-order chi connectivity index (χ0) is 12.1. The zero-order valence-corrected chi connectivity index (χ0v) is 11.1. The van der Waals surface area contributed by atoms with Gasteiger partial charge in [-0.05, 0) is 37.3 Å². The Hall–Kier alpha value is -0.870. The van der Waals surface area contributed by atoms with E-state index in [-0.39, 0.29) is 5.91 Å². The van der Waals surface area contributed by atoms with Crippen molar-refractivity contribution < 1.29 is 4.79 Å². The standard InChI is InChI=1S/C13H20N2OS/c1-15(10-12-5-3-9-17-12)13(16)7-6-11-4-2-8-14-11/h3,5,9,11,14H,2,4,6-8,10H2,1H3. The second kappa shape index (κ2) is 6.17. The monoisotopic (exact) mass is 252 g/mol. The first kappa shape index (κ1) is 12.6. The first-order valence-corrected chi connectivity index (χ1v) is 7.13. The maximum Gasteiger partial charge on any atom is 0.222 e. The van der Waals surface area contributed by atoms with E-state index >= 15 is 0 Å². The Balaban J connectivity index is 1.71. The van der Waals surface area contributed by atoms with Gasteiger partial charge < -0.3 is 10.2 Å². The minimum Gasteiger partial charge on any atom is -0.341 e. The van der Waals surface area contributed by atoms with E-state index in [4.69, 9.17) is 0 Å². The summed E-state index contributed by atoms with van der Waals surface area (Å²) in [5, 5.41) is 5.48. The number of hydrogen-bond donors (Lipinski definition) is 1. The quantitative estimate of drug-likeness (QED) is 0.871. The van der Waals surface area contributed by atoms with Crippen LogP contribution in [0.1, 0.15) is 30.6 Å². The fraction of sp³-hybridized carbons (Fsp3) is 0.615. The van der Waals surface area contributed by atoms with E-state index in [0.717, 1.165) is 19.5 Å². The highest BCUT2D eigenvalue weighted by Gasteiger charge is 2.17. The van der Waals surface area contributed by atoms with Crippen molar-refractivity contribution in [2.75, 3.05) is 13.6 Å². The molecule has 1 unspecified atom stereocenters. The number of nitrogens with zero attached hydrogens (tertiary/aromatic N) is 1. The van der Waals surface area contributed by atoms with Gasteiger partial charge in [0.25, 0.3) is 0 Å². The van der Waals surface area contributed by atoms with Gasteiger partial charge >= 0.3 is 0 Å². The van der Waals surface area contributed by atoms with Crippen molar-refractivity contribution >= 4 is 17.2 Å². The lowest BCUT2D eigenvalue weighted by Crippen LogP contribution is -2.28. The van der Waals surface area contributed by atoms with Crippen LogP contribution >= 0.6 is 11.3 Å². The Kier molecular flexibility index (Phi) is 4.57. The van der Waals surface area contributed by atoms with Crippen molar-refractivity contribution in [3.8, 4) is 0 Å². The molecule has 94 valence electrons. The van der Waals surface area contributed by atoms with Gasteiger partial charge in [0.2, 0.25) is 5.91 Å². The minimum atomic E-state index is 0.257. The maximum absolute atomic E-state index is 11.9. The van der Waals surface area contributed by atoms with Crippen LogP contribution in [0.3, 0.4) is 0 Å². The average molecular weight is 252 g/mol. The summed E-state index contributed by atoms with van der Waals surface area (Å²) >= 11 is 1.71. The molecule has 1 atom stereocenters. The van der Waals surface area contributed by atoms with Gasteiger partial charge in [0.05, 0.1) is 6.54 Å². The second-order valence-corrected chi connectivity index (χ2v) is 5.69. The average Bonchev–Trinajstić information content (AvgIpc) is 2.98. The van der Waals surface area contributed by atoms with Gasteiger partial charge in [-0.15, -0.1) is 11.3 Å². The van der Waals surface area contributed by atoms with E-state index in [0.29, 0.717) is 12.5 Å². The number of amides is 1. The molecular formula is C13H20N2OS. The maximum atomic E-state index is 11.9. The number of rotatable bonds is 5. The molecule has 2 heterocycles. The van der Waals surface area contributed by atoms with E-state index in [2.05, 4.69) is 16.8 Å². The Bertz CT molecular complexity index is 344. The summed E-state index contributed by atoms with van der Waals surface area (Å²) in [5.74, 6) is 0.257. The SMILES string of the molecule is CN(Cc1cccs1)C(=O)CCC1CCCN1. The Morgan fingerprint density at radius 1 is 1.65 bits per heavy atom. The molecule has 1 aromatic rings. The molecule has 1 aromatic heterocycles. The van der Waals surface area contributed by atoms with Gasteiger partial charge in [-0.2, -0.15) is 0 Å². The molecule has 0 bridgehead atoms. The predicted octanol–water partition coefficient (Wildman–Crippen LogP) is 2.24. The van der Waals surface area contributed by atoms with Gasteiger partial charge in [0.1, 0.15) is 0 Å². The molecule has 1 N–H and O–H groups in total. The first-order valence-electron chi connectivity index (χ1n) is 6.25. The Morgan fingerprint density at radius 2 is 2.53 bits per heavy atom. The van der Waals surface area contributed by atoms with E-state index in [1.165, 1.54) is 17.7 Å². The van der Waals surface area contributed by atoms with Gasteiger partial charge in [0, 0.05) is 24.4 Å². The van der Waals surface area contributed by atoms with Crippen LogP contribution in [0.25, 0.3) is 0 Å². The lowest BCUT2D eigenvalue weighted by atomic mass is 10.1. The number of hydrogen-bond acceptors (Lipinski definition) is 3. The molecule has 1 aliphatic heterocycles. The van der Waals surface area contributed by atoms with Crippen molar-refractivity contribution in [3.63, 3.8) is 0 Å². The first-order chi connectivity index (χ1) is 8.25. The summed E-state index contributed by atoms with van der Waals surface area (Å²) in [6, 6.07) is 4.67. The Labute approximate surface area is 107 Å². The van der Waals surface area contributed by atoms with E-state index < -0.39 is 0 Å². The molecule has 2 rings (SSSR count). The van der Waals surface area contributed by atoms with Gasteiger partial charge in [-0.3, -0.25) is 4.79 Å². The van der Waals surface area contributed by atoms with Crippen molar-refractivity contribution in [2.24, 2.45) is 0 Å². The summed E-state index contributed by atoms with van der Waals surface area (Å²) < 4.78 is 0. The van der Waals surface area contributed by atoms with Crippen molar-refractivity contribution in [1.29, 1.82) is 0 Å². The van der Waals surface area contributed by atoms with Crippen LogP contribution in [0, 0.1) is 0 Å². The third kappa shape index (κ3) is 3.82. The highest BCUT2D eigenvalue weighted by atomic mass is 32.1. The molecule has 1 saturated heterocycles. The molecule has 17 heavy (non-hydrogen) atoms. The fourth-order valence-corrected chi connectivity index (χ4v) is 2.97. The molecule has 0 aromatic carbocycles. The number of carbonyl (C=O) groups excluding carboxylic acids is 1. The Morgan fingerprint density at radius 3 is 3.18 bits per heavy atom. The molecule has 0 saturated carbocycles. The van der Waals surface area contributed by atoms with E-state index in [1.807, 2.05) is 18.0 Å². The second-order valence-electron chi connectivity index (χ2n) is 4.66. The molecule has 1 aliphatic rings. The van der Waals surface area contributed by atoms with Crippen LogP contribution in [0.5, 0.6) is 0 Å². The molecular weight excluding hydrogens is 232 g/mol. The van der Waals surface area contributed by atoms with Crippen molar-refractivity contribution in [3.05, 3.63) is 22.4 Å². The molecule has 1 amide bonds. The van der Waals surface area contributed by atoms with Crippen molar-refractivity contribution in [1.82, 2.24) is 10.2 Å². The van der Waals surface area contributed by atoms with Crippen LogP contribution < -0.4 is 5.32 Å². The molecule has 0 aliphatic carbocycles. The lowest BCUT2D eigenvalue weighted by molar-refractivity contribution is -0.130. The normalized spacial score (nSPS) is 19.5. The van der Waals surface area contributed by atoms with Crippen LogP contribution in [0.15, 0.2) is 17.5 Å². The lowest BCUT2D eigenvalue weighted by Gasteiger charge is -2.17. The highest BCUT2D eigenvalue weighted by molar-refractivity contribution is 7.09. The number of carbonyl (C=O) groups is 1. The summed E-state index contributed by atoms with van der Waals surface area (Å²) in [5.41, 5.74) is 0. The summed E-state index contributed by atoms with van der Waals surface area (Å²) in [6.45, 7) is 1.86. The fourth-order valence-electron chi connectivity index (χ4n) is 2.22. The topological polar surface area (TPSA) is 32.3 Å². The molecule has 0 spiro atoms. The van der Waals surface area contributed by atoms with Crippen molar-refractivity contribution in [2.45, 2.75) is 38.3 Å². The molecule has 1 fully saturated rings. The summed E-state index contributed by atoms with van der Waals surface area (Å²) in [7, 11) is 1.89. The van der Waals surface area contributed by atoms with Crippen LogP contribution in [0.2, 0.25) is 0 Å². The van der Waals surface area contributed by atoms with Crippen LogP contribution in [-0.2, 0) is 11.3 Å². The van der Waals surface area contributed by atoms with E-state index in [9.17, 15) is 4.79 Å². The van der Waals surface area contributed by atoms with E-state index in [1.54, 1.807) is 11.3 Å². The largest absolute Gasteiger partial charge is 0.341 e. The highest BCUT2D eigenvalue weighted by Crippen LogP contribution is 2.14. The number of nitrogens with one attached hydrogen (secondary N) is 1. The van der Waals surface area contributed by atoms with Crippen LogP contribution in [0.4, 0.5) is 0 Å². The third-order valence-corrected chi connectivity index (χ3v) is 4.13. The zero-order valence-electron chi connectivity index (χ0n) is 10.3. The number of thiophene rings is 1. The van der Waals surface area contributed by atoms with Gasteiger partial charge in [-0.25, -0.2) is 0 Å². The molecule has 4 heteroatoms. The third-order valence-electron chi connectivity index (χ3n) is 3.27. The van der Waals surface area contributed by atoms with Crippen LogP contribution in [-0.4, -0.2) is 30.4 Å². The summed E-state index contributed by atoms with van der Waals surface area (Å²) in [4.78, 5) is 15.0. The van der Waals surface area contributed by atoms with Gasteiger partial charge in [0.15, 0.2) is 0 Å². The predicted molar refractivity (Wildman–Crippen MR) is 71.1 cm³/mol. The van der Waals surface area contributed by atoms with Gasteiger partial charge in [-0.1, -0.05) is 6.07 Å². The minimum absolute atomic E-state index is 0.257. The summed E-state index contributed by atoms with van der Waals surface area (Å²) in [6.07, 6.45) is 4.12.